The van der Waals surface area contributed by atoms with Gasteiger partial charge in [0, 0.05) is 26.4 Å². The molecule has 1 saturated carbocycles. The van der Waals surface area contributed by atoms with E-state index in [0.29, 0.717) is 11.8 Å². The SMILES string of the molecule is CCOCCCOCC1CCCCC1CN. The molecule has 0 amide bonds. The summed E-state index contributed by atoms with van der Waals surface area (Å²) >= 11 is 0. The molecule has 1 aliphatic rings. The van der Waals surface area contributed by atoms with E-state index in [1.165, 1.54) is 25.7 Å². The number of hydrogen-bond donors (Lipinski definition) is 1. The largest absolute Gasteiger partial charge is 0.382 e. The molecule has 1 fully saturated rings. The summed E-state index contributed by atoms with van der Waals surface area (Å²) in [6, 6.07) is 0. The molecule has 1 aliphatic carbocycles. The monoisotopic (exact) mass is 229 g/mol. The second-order valence-electron chi connectivity index (χ2n) is 4.67. The van der Waals surface area contributed by atoms with E-state index in [1.54, 1.807) is 0 Å². The van der Waals surface area contributed by atoms with Crippen molar-refractivity contribution in [3.63, 3.8) is 0 Å². The van der Waals surface area contributed by atoms with E-state index in [1.807, 2.05) is 6.92 Å². The van der Waals surface area contributed by atoms with Crippen molar-refractivity contribution in [3.8, 4) is 0 Å². The first kappa shape index (κ1) is 13.9. The average Bonchev–Trinajstić information content (AvgIpc) is 2.34. The maximum atomic E-state index is 5.79. The molecule has 0 aromatic heterocycles. The Balaban J connectivity index is 2.02. The fraction of sp³-hybridized carbons (Fsp3) is 1.00. The number of ether oxygens (including phenoxy) is 2. The van der Waals surface area contributed by atoms with Crippen LogP contribution in [0.2, 0.25) is 0 Å². The molecule has 2 N–H and O–H groups in total. The van der Waals surface area contributed by atoms with Crippen molar-refractivity contribution in [2.45, 2.75) is 39.0 Å². The van der Waals surface area contributed by atoms with Gasteiger partial charge in [-0.25, -0.2) is 0 Å². The summed E-state index contributed by atoms with van der Waals surface area (Å²) in [5.41, 5.74) is 5.79. The van der Waals surface area contributed by atoms with Gasteiger partial charge in [-0.15, -0.1) is 0 Å². The van der Waals surface area contributed by atoms with Gasteiger partial charge in [0.15, 0.2) is 0 Å². The highest BCUT2D eigenvalue weighted by molar-refractivity contribution is 4.75. The molecule has 0 aromatic rings. The fourth-order valence-electron chi connectivity index (χ4n) is 2.46. The van der Waals surface area contributed by atoms with Crippen LogP contribution >= 0.6 is 0 Å². The molecule has 96 valence electrons. The molecule has 0 heterocycles. The Morgan fingerprint density at radius 3 is 2.44 bits per heavy atom. The van der Waals surface area contributed by atoms with Crippen LogP contribution in [0.25, 0.3) is 0 Å². The van der Waals surface area contributed by atoms with E-state index in [2.05, 4.69) is 0 Å². The molecule has 0 aromatic carbocycles. The van der Waals surface area contributed by atoms with Crippen molar-refractivity contribution >= 4 is 0 Å². The molecule has 2 unspecified atom stereocenters. The summed E-state index contributed by atoms with van der Waals surface area (Å²) in [4.78, 5) is 0. The zero-order valence-corrected chi connectivity index (χ0v) is 10.6. The number of hydrogen-bond acceptors (Lipinski definition) is 3. The first-order chi connectivity index (χ1) is 7.88. The standard InChI is InChI=1S/C13H27NO2/c1-2-15-8-5-9-16-11-13-7-4-3-6-12(13)10-14/h12-13H,2-11,14H2,1H3. The van der Waals surface area contributed by atoms with Crippen LogP contribution in [0.5, 0.6) is 0 Å². The lowest BCUT2D eigenvalue weighted by Gasteiger charge is -2.30. The maximum Gasteiger partial charge on any atom is 0.0497 e. The second-order valence-corrected chi connectivity index (χ2v) is 4.67. The van der Waals surface area contributed by atoms with Crippen molar-refractivity contribution in [1.82, 2.24) is 0 Å². The molecular weight excluding hydrogens is 202 g/mol. The highest BCUT2D eigenvalue weighted by Crippen LogP contribution is 2.29. The second kappa shape index (κ2) is 8.97. The van der Waals surface area contributed by atoms with Crippen LogP contribution in [-0.4, -0.2) is 33.0 Å². The van der Waals surface area contributed by atoms with Crippen molar-refractivity contribution in [1.29, 1.82) is 0 Å². The molecular formula is C13H27NO2. The zero-order chi connectivity index (χ0) is 11.6. The third-order valence-electron chi connectivity index (χ3n) is 3.48. The smallest absolute Gasteiger partial charge is 0.0497 e. The summed E-state index contributed by atoms with van der Waals surface area (Å²) in [6.45, 7) is 6.20. The van der Waals surface area contributed by atoms with Crippen molar-refractivity contribution in [2.24, 2.45) is 17.6 Å². The minimum absolute atomic E-state index is 0.695. The lowest BCUT2D eigenvalue weighted by molar-refractivity contribution is 0.0445. The first-order valence-electron chi connectivity index (χ1n) is 6.74. The van der Waals surface area contributed by atoms with Gasteiger partial charge in [0.25, 0.3) is 0 Å². The van der Waals surface area contributed by atoms with E-state index in [-0.39, 0.29) is 0 Å². The van der Waals surface area contributed by atoms with Crippen molar-refractivity contribution < 1.29 is 9.47 Å². The van der Waals surface area contributed by atoms with Gasteiger partial charge in [-0.3, -0.25) is 0 Å². The van der Waals surface area contributed by atoms with E-state index < -0.39 is 0 Å². The highest BCUT2D eigenvalue weighted by atomic mass is 16.5. The average molecular weight is 229 g/mol. The van der Waals surface area contributed by atoms with Gasteiger partial charge >= 0.3 is 0 Å². The van der Waals surface area contributed by atoms with E-state index in [9.17, 15) is 0 Å². The normalized spacial score (nSPS) is 25.9. The van der Waals surface area contributed by atoms with E-state index >= 15 is 0 Å². The van der Waals surface area contributed by atoms with Crippen LogP contribution < -0.4 is 5.73 Å². The van der Waals surface area contributed by atoms with Gasteiger partial charge in [-0.05, 0) is 44.6 Å². The summed E-state index contributed by atoms with van der Waals surface area (Å²) in [6.07, 6.45) is 6.30. The van der Waals surface area contributed by atoms with Crippen LogP contribution in [0.4, 0.5) is 0 Å². The molecule has 16 heavy (non-hydrogen) atoms. The van der Waals surface area contributed by atoms with Gasteiger partial charge in [-0.2, -0.15) is 0 Å². The minimum Gasteiger partial charge on any atom is -0.382 e. The molecule has 0 spiro atoms. The topological polar surface area (TPSA) is 44.5 Å². The maximum absolute atomic E-state index is 5.79. The van der Waals surface area contributed by atoms with Crippen LogP contribution in [-0.2, 0) is 9.47 Å². The molecule has 0 radical (unpaired) electrons. The summed E-state index contributed by atoms with van der Waals surface area (Å²) in [7, 11) is 0. The molecule has 2 atom stereocenters. The van der Waals surface area contributed by atoms with E-state index in [0.717, 1.165) is 39.4 Å². The van der Waals surface area contributed by atoms with Crippen molar-refractivity contribution in [2.75, 3.05) is 33.0 Å². The highest BCUT2D eigenvalue weighted by Gasteiger charge is 2.23. The van der Waals surface area contributed by atoms with Crippen LogP contribution in [0.3, 0.4) is 0 Å². The Hall–Kier alpha value is -0.120. The number of nitrogens with two attached hydrogens (primary N) is 1. The van der Waals surface area contributed by atoms with Gasteiger partial charge in [0.05, 0.1) is 0 Å². The Bertz CT molecular complexity index is 164. The van der Waals surface area contributed by atoms with Crippen LogP contribution in [0, 0.1) is 11.8 Å². The number of rotatable bonds is 8. The van der Waals surface area contributed by atoms with Gasteiger partial charge in [-0.1, -0.05) is 12.8 Å². The van der Waals surface area contributed by atoms with E-state index in [4.69, 9.17) is 15.2 Å². The predicted molar refractivity (Wildman–Crippen MR) is 66.4 cm³/mol. The van der Waals surface area contributed by atoms with Crippen LogP contribution in [0.1, 0.15) is 39.0 Å². The molecule has 0 bridgehead atoms. The third-order valence-corrected chi connectivity index (χ3v) is 3.48. The van der Waals surface area contributed by atoms with Gasteiger partial charge < -0.3 is 15.2 Å². The first-order valence-corrected chi connectivity index (χ1v) is 6.74. The van der Waals surface area contributed by atoms with Crippen LogP contribution in [0.15, 0.2) is 0 Å². The Morgan fingerprint density at radius 2 is 1.75 bits per heavy atom. The molecule has 3 nitrogen and oxygen atoms in total. The lowest BCUT2D eigenvalue weighted by atomic mass is 9.80. The Kier molecular flexibility index (Phi) is 7.81. The third kappa shape index (κ3) is 5.28. The molecule has 0 aliphatic heterocycles. The Morgan fingerprint density at radius 1 is 1.06 bits per heavy atom. The summed E-state index contributed by atoms with van der Waals surface area (Å²) in [5, 5.41) is 0. The van der Waals surface area contributed by atoms with Crippen molar-refractivity contribution in [3.05, 3.63) is 0 Å². The quantitative estimate of drug-likeness (QED) is 0.649. The molecule has 0 saturated heterocycles. The van der Waals surface area contributed by atoms with Gasteiger partial charge in [0.1, 0.15) is 0 Å². The summed E-state index contributed by atoms with van der Waals surface area (Å²) < 4.78 is 11.0. The lowest BCUT2D eigenvalue weighted by Crippen LogP contribution is -2.30. The summed E-state index contributed by atoms with van der Waals surface area (Å²) in [5.74, 6) is 1.39. The minimum atomic E-state index is 0.695. The fourth-order valence-corrected chi connectivity index (χ4v) is 2.46. The predicted octanol–water partition coefficient (Wildman–Crippen LogP) is 2.19. The zero-order valence-electron chi connectivity index (χ0n) is 10.6. The molecule has 1 rings (SSSR count). The van der Waals surface area contributed by atoms with Gasteiger partial charge in [0.2, 0.25) is 0 Å². The Labute approximate surface area is 99.7 Å². The molecule has 3 heteroatoms.